The highest BCUT2D eigenvalue weighted by Crippen LogP contribution is 2.60. The maximum atomic E-state index is 11.3. The molecule has 0 amide bonds. The summed E-state index contributed by atoms with van der Waals surface area (Å²) in [5.74, 6) is 1.62. The van der Waals surface area contributed by atoms with Gasteiger partial charge in [-0.15, -0.1) is 6.58 Å². The highest BCUT2D eigenvalue weighted by Gasteiger charge is 2.52. The molecule has 2 aliphatic rings. The normalized spacial score (nSPS) is 33.1. The Hall–Kier alpha value is -1.05. The van der Waals surface area contributed by atoms with Crippen LogP contribution in [0.15, 0.2) is 24.3 Å². The van der Waals surface area contributed by atoms with Crippen molar-refractivity contribution in [1.82, 2.24) is 0 Å². The maximum Gasteiger partial charge on any atom is 0.302 e. The average molecular weight is 333 g/mol. The van der Waals surface area contributed by atoms with Crippen molar-refractivity contribution in [1.29, 1.82) is 0 Å². The van der Waals surface area contributed by atoms with Crippen molar-refractivity contribution in [2.75, 3.05) is 6.61 Å². The van der Waals surface area contributed by atoms with Crippen LogP contribution in [-0.4, -0.2) is 12.6 Å². The first-order valence-electron chi connectivity index (χ1n) is 9.65. The van der Waals surface area contributed by atoms with E-state index >= 15 is 0 Å². The van der Waals surface area contributed by atoms with E-state index in [1.807, 2.05) is 0 Å². The molecule has 4 atom stereocenters. The van der Waals surface area contributed by atoms with Gasteiger partial charge in [0.25, 0.3) is 0 Å². The molecule has 1 fully saturated rings. The molecule has 0 radical (unpaired) electrons. The number of hydrogen-bond acceptors (Lipinski definition) is 2. The molecule has 0 spiro atoms. The lowest BCUT2D eigenvalue weighted by molar-refractivity contribution is -0.140. The quantitative estimate of drug-likeness (QED) is 0.445. The molecule has 0 heterocycles. The van der Waals surface area contributed by atoms with Gasteiger partial charge in [0.2, 0.25) is 0 Å². The summed E-state index contributed by atoms with van der Waals surface area (Å²) in [7, 11) is 0. The van der Waals surface area contributed by atoms with Gasteiger partial charge in [-0.05, 0) is 66.3 Å². The molecule has 2 rings (SSSR count). The van der Waals surface area contributed by atoms with Gasteiger partial charge in [0, 0.05) is 6.92 Å². The van der Waals surface area contributed by atoms with Gasteiger partial charge in [-0.25, -0.2) is 0 Å². The van der Waals surface area contributed by atoms with Crippen LogP contribution >= 0.6 is 0 Å². The number of hydrogen-bond donors (Lipinski definition) is 0. The van der Waals surface area contributed by atoms with E-state index in [9.17, 15) is 4.79 Å². The van der Waals surface area contributed by atoms with Gasteiger partial charge in [0.05, 0.1) is 0 Å². The van der Waals surface area contributed by atoms with E-state index in [-0.39, 0.29) is 5.97 Å². The van der Waals surface area contributed by atoms with Crippen LogP contribution in [-0.2, 0) is 9.53 Å². The zero-order valence-corrected chi connectivity index (χ0v) is 16.4. The van der Waals surface area contributed by atoms with Crippen LogP contribution < -0.4 is 0 Å². The molecule has 2 heteroatoms. The summed E-state index contributed by atoms with van der Waals surface area (Å²) in [4.78, 5) is 11.3. The second kappa shape index (κ2) is 7.45. The van der Waals surface area contributed by atoms with Crippen molar-refractivity contribution < 1.29 is 9.53 Å². The monoisotopic (exact) mass is 332 g/mol. The molecule has 0 saturated heterocycles. The molecule has 136 valence electrons. The summed E-state index contributed by atoms with van der Waals surface area (Å²) >= 11 is 0. The van der Waals surface area contributed by atoms with Crippen molar-refractivity contribution in [2.24, 2.45) is 28.6 Å². The number of rotatable bonds is 6. The van der Waals surface area contributed by atoms with Crippen LogP contribution in [0.3, 0.4) is 0 Å². The Kier molecular flexibility index (Phi) is 5.99. The topological polar surface area (TPSA) is 26.3 Å². The molecule has 24 heavy (non-hydrogen) atoms. The fourth-order valence-electron chi connectivity index (χ4n) is 5.41. The Morgan fingerprint density at radius 1 is 1.42 bits per heavy atom. The predicted octanol–water partition coefficient (Wildman–Crippen LogP) is 5.93. The van der Waals surface area contributed by atoms with Crippen molar-refractivity contribution >= 4 is 5.97 Å². The minimum absolute atomic E-state index is 0.176. The molecule has 2 aliphatic carbocycles. The average Bonchev–Trinajstić information content (AvgIpc) is 2.50. The molecule has 0 bridgehead atoms. The summed E-state index contributed by atoms with van der Waals surface area (Å²) in [6, 6.07) is 0. The Balaban J connectivity index is 2.27. The zero-order valence-electron chi connectivity index (χ0n) is 16.4. The number of carbonyl (C=O) groups excluding carboxylic acids is 1. The lowest BCUT2D eigenvalue weighted by Gasteiger charge is -2.57. The lowest BCUT2D eigenvalue weighted by atomic mass is 9.48. The van der Waals surface area contributed by atoms with Gasteiger partial charge < -0.3 is 4.74 Å². The summed E-state index contributed by atoms with van der Waals surface area (Å²) < 4.78 is 5.39. The smallest absolute Gasteiger partial charge is 0.302 e. The number of fused-ring (bicyclic) bond motifs is 1. The predicted molar refractivity (Wildman–Crippen MR) is 101 cm³/mol. The van der Waals surface area contributed by atoms with Gasteiger partial charge >= 0.3 is 5.97 Å². The van der Waals surface area contributed by atoms with Gasteiger partial charge in [-0.3, -0.25) is 4.79 Å². The largest absolute Gasteiger partial charge is 0.461 e. The standard InChI is InChI=1S/C22H36O2/c1-7-16(2)9-11-19-18(15-24-17(3)23)10-12-20-21(4,5)13-8-14-22(19,20)6/h7,10,16,19-20H,1,8-9,11-15H2,2-6H3/t16-,19+,20+,22-/m1/s1. The van der Waals surface area contributed by atoms with Crippen molar-refractivity contribution in [3.63, 3.8) is 0 Å². The van der Waals surface area contributed by atoms with Gasteiger partial charge in [0.1, 0.15) is 6.61 Å². The summed E-state index contributed by atoms with van der Waals surface area (Å²) in [5, 5.41) is 0. The Morgan fingerprint density at radius 3 is 2.75 bits per heavy atom. The molecular formula is C22H36O2. The SMILES string of the molecule is C=C[C@@H](C)CC[C@H]1C(COC(C)=O)=CC[C@H]2C(C)(C)CCC[C@]12C. The van der Waals surface area contributed by atoms with Gasteiger partial charge in [-0.1, -0.05) is 46.3 Å². The summed E-state index contributed by atoms with van der Waals surface area (Å²) in [6.45, 7) is 15.6. The second-order valence-corrected chi connectivity index (χ2v) is 9.04. The molecule has 1 saturated carbocycles. The van der Waals surface area contributed by atoms with Crippen LogP contribution in [0.5, 0.6) is 0 Å². The minimum Gasteiger partial charge on any atom is -0.461 e. The fourth-order valence-corrected chi connectivity index (χ4v) is 5.41. The third kappa shape index (κ3) is 3.95. The minimum atomic E-state index is -0.176. The van der Waals surface area contributed by atoms with Crippen LogP contribution in [0.4, 0.5) is 0 Å². The number of esters is 1. The Bertz CT molecular complexity index is 502. The fraction of sp³-hybridized carbons (Fsp3) is 0.773. The van der Waals surface area contributed by atoms with Gasteiger partial charge in [-0.2, -0.15) is 0 Å². The Labute approximate surface area is 148 Å². The molecule has 0 aromatic heterocycles. The third-order valence-electron chi connectivity index (χ3n) is 6.89. The van der Waals surface area contributed by atoms with Crippen molar-refractivity contribution in [2.45, 2.75) is 73.1 Å². The molecule has 0 aromatic rings. The maximum absolute atomic E-state index is 11.3. The van der Waals surface area contributed by atoms with E-state index in [0.717, 1.165) is 18.8 Å². The van der Waals surface area contributed by atoms with E-state index in [2.05, 4.69) is 46.4 Å². The van der Waals surface area contributed by atoms with E-state index in [4.69, 9.17) is 4.74 Å². The van der Waals surface area contributed by atoms with E-state index < -0.39 is 0 Å². The first-order chi connectivity index (χ1) is 11.2. The Morgan fingerprint density at radius 2 is 2.12 bits per heavy atom. The molecule has 0 N–H and O–H groups in total. The first kappa shape index (κ1) is 19.3. The number of allylic oxidation sites excluding steroid dienone is 2. The van der Waals surface area contributed by atoms with Crippen LogP contribution in [0.1, 0.15) is 73.1 Å². The highest BCUT2D eigenvalue weighted by molar-refractivity contribution is 5.66. The number of carbonyl (C=O) groups is 1. The van der Waals surface area contributed by atoms with E-state index in [1.165, 1.54) is 38.2 Å². The summed E-state index contributed by atoms with van der Waals surface area (Å²) in [6.07, 6.45) is 11.9. The first-order valence-corrected chi connectivity index (χ1v) is 9.65. The number of ether oxygens (including phenoxy) is 1. The van der Waals surface area contributed by atoms with E-state index in [1.54, 1.807) is 0 Å². The van der Waals surface area contributed by atoms with Crippen molar-refractivity contribution in [3.05, 3.63) is 24.3 Å². The third-order valence-corrected chi connectivity index (χ3v) is 6.89. The lowest BCUT2D eigenvalue weighted by Crippen LogP contribution is -2.49. The second-order valence-electron chi connectivity index (χ2n) is 9.04. The summed E-state index contributed by atoms with van der Waals surface area (Å²) in [5.41, 5.74) is 2.09. The zero-order chi connectivity index (χ0) is 18.0. The van der Waals surface area contributed by atoms with Crippen LogP contribution in [0.2, 0.25) is 0 Å². The molecule has 0 aliphatic heterocycles. The molecule has 0 unspecified atom stereocenters. The molecule has 2 nitrogen and oxygen atoms in total. The highest BCUT2D eigenvalue weighted by atomic mass is 16.5. The van der Waals surface area contributed by atoms with Crippen LogP contribution in [0.25, 0.3) is 0 Å². The van der Waals surface area contributed by atoms with Crippen molar-refractivity contribution in [3.8, 4) is 0 Å². The van der Waals surface area contributed by atoms with Gasteiger partial charge in [0.15, 0.2) is 0 Å². The van der Waals surface area contributed by atoms with Crippen LogP contribution in [0, 0.1) is 28.6 Å². The molecule has 0 aromatic carbocycles. The molecular weight excluding hydrogens is 296 g/mol. The van der Waals surface area contributed by atoms with E-state index in [0.29, 0.717) is 29.3 Å².